The molecule has 0 radical (unpaired) electrons. The van der Waals surface area contributed by atoms with E-state index in [1.807, 2.05) is 0 Å². The third-order valence-corrected chi connectivity index (χ3v) is 2.36. The molecule has 1 aromatic carbocycles. The number of hydrogen-bond acceptors (Lipinski definition) is 3. The number of aliphatic carboxylic acids is 1. The Hall–Kier alpha value is -2.01. The van der Waals surface area contributed by atoms with Gasteiger partial charge < -0.3 is 20.9 Å². The third kappa shape index (κ3) is 1.85. The summed E-state index contributed by atoms with van der Waals surface area (Å²) in [6.07, 6.45) is -0.174. The minimum atomic E-state index is -1.17. The first-order chi connectivity index (χ1) is 8.41. The summed E-state index contributed by atoms with van der Waals surface area (Å²) in [5, 5.41) is 18.7. The van der Waals surface area contributed by atoms with E-state index in [1.54, 1.807) is 0 Å². The Kier molecular flexibility index (Phi) is 1.97. The number of phenols is 1. The van der Waals surface area contributed by atoms with Crippen LogP contribution < -0.4 is 5.73 Å². The van der Waals surface area contributed by atoms with Gasteiger partial charge in [-0.2, -0.15) is 0 Å². The van der Waals surface area contributed by atoms with Gasteiger partial charge in [0.1, 0.15) is 11.8 Å². The first-order valence-electron chi connectivity index (χ1n) is 5.67. The second-order valence-electron chi connectivity index (χ2n) is 3.55. The lowest BCUT2D eigenvalue weighted by molar-refractivity contribution is -0.138. The molecule has 1 heterocycles. The van der Waals surface area contributed by atoms with Crippen LogP contribution in [0.25, 0.3) is 10.9 Å². The van der Waals surface area contributed by atoms with E-state index in [9.17, 15) is 9.90 Å². The molecular formula is C11H12N2O3. The number of aromatic nitrogens is 1. The summed E-state index contributed by atoms with van der Waals surface area (Å²) in [5.74, 6) is -1.17. The summed E-state index contributed by atoms with van der Waals surface area (Å²) in [4.78, 5) is 11.6. The number of nitrogens with two attached hydrogens (primary N) is 1. The predicted octanol–water partition coefficient (Wildman–Crippen LogP) is 0.828. The van der Waals surface area contributed by atoms with Crippen LogP contribution in [0.3, 0.4) is 0 Å². The van der Waals surface area contributed by atoms with Crippen LogP contribution in [0.1, 0.15) is 6.93 Å². The van der Waals surface area contributed by atoms with Gasteiger partial charge in [0, 0.05) is 23.5 Å². The number of hydrogen-bond donors (Lipinski definition) is 4. The Labute approximate surface area is 94.4 Å². The van der Waals surface area contributed by atoms with Gasteiger partial charge in [0.05, 0.1) is 1.37 Å². The van der Waals surface area contributed by atoms with E-state index in [0.717, 1.165) is 4.98 Å². The Bertz CT molecular complexity index is 624. The topological polar surface area (TPSA) is 99.3 Å². The summed E-state index contributed by atoms with van der Waals surface area (Å²) in [5.41, 5.74) is 6.23. The van der Waals surface area contributed by atoms with E-state index in [0.29, 0.717) is 16.5 Å². The number of phenolic OH excluding ortho intramolecular Hbond substituents is 1. The van der Waals surface area contributed by atoms with Gasteiger partial charge in [-0.25, -0.2) is 0 Å². The molecule has 1 unspecified atom stereocenters. The molecule has 2 aromatic rings. The van der Waals surface area contributed by atoms with Crippen LogP contribution >= 0.6 is 0 Å². The standard InChI is InChI=1S/C11H12N2O3/c12-9(11(15)16)3-6-5-13-10-2-1-7(14)4-8(6)10/h1-2,4-5,9,13-14H,3,12H2,(H,15,16)/i5D/hD. The highest BCUT2D eigenvalue weighted by molar-refractivity contribution is 5.85. The fourth-order valence-corrected chi connectivity index (χ4v) is 1.51. The van der Waals surface area contributed by atoms with Gasteiger partial charge in [-0.1, -0.05) is 0 Å². The Morgan fingerprint density at radius 2 is 2.44 bits per heavy atom. The average Bonchev–Trinajstić information content (AvgIpc) is 2.54. The first kappa shape index (κ1) is 8.18. The molecule has 0 spiro atoms. The largest absolute Gasteiger partial charge is 0.508 e. The minimum Gasteiger partial charge on any atom is -0.508 e. The number of aromatic amines is 1. The monoisotopic (exact) mass is 222 g/mol. The number of carboxylic acids is 1. The Balaban J connectivity index is 2.58. The van der Waals surface area contributed by atoms with Crippen LogP contribution in [-0.2, 0) is 11.2 Å². The highest BCUT2D eigenvalue weighted by Crippen LogP contribution is 2.23. The van der Waals surface area contributed by atoms with E-state index in [2.05, 4.69) is 0 Å². The van der Waals surface area contributed by atoms with E-state index in [-0.39, 0.29) is 18.3 Å². The lowest BCUT2D eigenvalue weighted by Crippen LogP contribution is -2.32. The van der Waals surface area contributed by atoms with Gasteiger partial charge in [-0.05, 0) is 23.8 Å². The van der Waals surface area contributed by atoms with Crippen LogP contribution in [0.15, 0.2) is 24.4 Å². The third-order valence-electron chi connectivity index (χ3n) is 2.36. The molecule has 5 nitrogen and oxygen atoms in total. The number of carboxylic acid groups (broad SMARTS) is 1. The lowest BCUT2D eigenvalue weighted by Gasteiger charge is -2.04. The van der Waals surface area contributed by atoms with Crippen molar-refractivity contribution < 1.29 is 17.8 Å². The Morgan fingerprint density at radius 1 is 1.69 bits per heavy atom. The SMILES string of the molecule is [2H]c1c(CC(N)C(=O)O)c2cc(O)ccc2n1[2H]. The van der Waals surface area contributed by atoms with Crippen molar-refractivity contribution in [1.82, 2.24) is 4.98 Å². The van der Waals surface area contributed by atoms with Crippen molar-refractivity contribution in [2.75, 3.05) is 0 Å². The second-order valence-corrected chi connectivity index (χ2v) is 3.55. The number of aromatic hydroxyl groups is 1. The molecule has 0 saturated carbocycles. The molecule has 2 rings (SSSR count). The molecule has 0 aliphatic carbocycles. The molecule has 5 N–H and O–H groups in total. The molecule has 0 aliphatic rings. The normalized spacial score (nSPS) is 14.6. The van der Waals surface area contributed by atoms with Crippen molar-refractivity contribution in [2.24, 2.45) is 5.73 Å². The zero-order valence-corrected chi connectivity index (χ0v) is 8.34. The van der Waals surface area contributed by atoms with Crippen molar-refractivity contribution >= 4 is 16.9 Å². The average molecular weight is 222 g/mol. The Morgan fingerprint density at radius 3 is 3.12 bits per heavy atom. The van der Waals surface area contributed by atoms with Gasteiger partial charge in [-0.15, -0.1) is 0 Å². The molecule has 5 heteroatoms. The fraction of sp³-hybridized carbons (Fsp3) is 0.182. The molecule has 1 atom stereocenters. The molecule has 0 aliphatic heterocycles. The summed E-state index contributed by atoms with van der Waals surface area (Å²) in [6.45, 7) is 0. The molecule has 16 heavy (non-hydrogen) atoms. The number of carbonyl (C=O) groups is 1. The van der Waals surface area contributed by atoms with Crippen LogP contribution in [0.2, 0.25) is 1.41 Å². The highest BCUT2D eigenvalue weighted by Gasteiger charge is 2.14. The maximum atomic E-state index is 10.7. The van der Waals surface area contributed by atoms with E-state index < -0.39 is 12.0 Å². The molecule has 0 fully saturated rings. The second kappa shape index (κ2) is 3.86. The first-order valence-corrected chi connectivity index (χ1v) is 4.72. The van der Waals surface area contributed by atoms with Gasteiger partial charge in [0.25, 0.3) is 0 Å². The summed E-state index contributed by atoms with van der Waals surface area (Å²) >= 11 is 0. The summed E-state index contributed by atoms with van der Waals surface area (Å²) in [7, 11) is 0. The van der Waals surface area contributed by atoms with Gasteiger partial charge in [0.15, 0.2) is 1.41 Å². The maximum absolute atomic E-state index is 10.7. The van der Waals surface area contributed by atoms with Crippen LogP contribution in [0.4, 0.5) is 0 Å². The van der Waals surface area contributed by atoms with Crippen LogP contribution in [-0.4, -0.2) is 27.2 Å². The summed E-state index contributed by atoms with van der Waals surface area (Å²) in [6, 6.07) is 3.18. The van der Waals surface area contributed by atoms with E-state index >= 15 is 0 Å². The molecular weight excluding hydrogens is 208 g/mol. The van der Waals surface area contributed by atoms with Crippen LogP contribution in [0, 0.1) is 0 Å². The van der Waals surface area contributed by atoms with E-state index in [4.69, 9.17) is 13.6 Å². The fourth-order valence-electron chi connectivity index (χ4n) is 1.51. The van der Waals surface area contributed by atoms with Crippen molar-refractivity contribution in [3.8, 4) is 5.75 Å². The van der Waals surface area contributed by atoms with Crippen molar-refractivity contribution in [3.05, 3.63) is 29.9 Å². The molecule has 1 aromatic heterocycles. The quantitative estimate of drug-likeness (QED) is 0.618. The molecule has 0 amide bonds. The zero-order valence-electron chi connectivity index (χ0n) is 10.3. The molecule has 0 bridgehead atoms. The van der Waals surface area contributed by atoms with Crippen molar-refractivity contribution in [1.29, 1.82) is 0 Å². The lowest BCUT2D eigenvalue weighted by atomic mass is 10.1. The molecule has 84 valence electrons. The van der Waals surface area contributed by atoms with E-state index in [1.165, 1.54) is 18.2 Å². The zero-order chi connectivity index (χ0) is 13.4. The maximum Gasteiger partial charge on any atom is 0.320 e. The number of nitrogens with one attached hydrogen (secondary N) is 1. The van der Waals surface area contributed by atoms with Gasteiger partial charge in [-0.3, -0.25) is 4.79 Å². The summed E-state index contributed by atoms with van der Waals surface area (Å²) < 4.78 is 15.5. The van der Waals surface area contributed by atoms with Gasteiger partial charge in [0.2, 0.25) is 0 Å². The van der Waals surface area contributed by atoms with Crippen molar-refractivity contribution in [2.45, 2.75) is 12.5 Å². The highest BCUT2D eigenvalue weighted by atomic mass is 16.4. The van der Waals surface area contributed by atoms with Crippen LogP contribution in [0.5, 0.6) is 5.75 Å². The van der Waals surface area contributed by atoms with Gasteiger partial charge >= 0.3 is 5.97 Å². The minimum absolute atomic E-state index is 0.00162. The number of benzene rings is 1. The smallest absolute Gasteiger partial charge is 0.320 e. The van der Waals surface area contributed by atoms with Crippen molar-refractivity contribution in [3.63, 3.8) is 0 Å². The molecule has 0 saturated heterocycles. The predicted molar refractivity (Wildman–Crippen MR) is 59.3 cm³/mol. The number of H-pyrrole nitrogens is 1. The number of fused-ring (bicyclic) bond motifs is 1. The number of rotatable bonds is 3.